The molecular formula is C18H17F2NO3. The summed E-state index contributed by atoms with van der Waals surface area (Å²) in [5, 5.41) is 2.72. The highest BCUT2D eigenvalue weighted by Crippen LogP contribution is 2.33. The van der Waals surface area contributed by atoms with E-state index >= 15 is 0 Å². The summed E-state index contributed by atoms with van der Waals surface area (Å²) < 4.78 is 34.6. The average Bonchev–Trinajstić information content (AvgIpc) is 2.55. The Labute approximate surface area is 138 Å². The van der Waals surface area contributed by atoms with Crippen LogP contribution in [-0.2, 0) is 4.79 Å². The van der Waals surface area contributed by atoms with Crippen molar-refractivity contribution in [3.05, 3.63) is 59.7 Å². The zero-order valence-corrected chi connectivity index (χ0v) is 13.3. The molecule has 0 aliphatic rings. The molecule has 0 bridgehead atoms. The average molecular weight is 333 g/mol. The van der Waals surface area contributed by atoms with Crippen molar-refractivity contribution in [1.82, 2.24) is 0 Å². The normalized spacial score (nSPS) is 10.9. The zero-order valence-electron chi connectivity index (χ0n) is 13.3. The van der Waals surface area contributed by atoms with Crippen LogP contribution in [0.5, 0.6) is 11.5 Å². The molecule has 1 amide bonds. The number of benzene rings is 2. The molecule has 0 aliphatic carbocycles. The predicted octanol–water partition coefficient (Wildman–Crippen LogP) is 4.26. The van der Waals surface area contributed by atoms with Crippen molar-refractivity contribution < 1.29 is 23.0 Å². The van der Waals surface area contributed by atoms with Crippen molar-refractivity contribution in [3.8, 4) is 11.5 Å². The molecule has 6 heteroatoms. The molecule has 0 aliphatic heterocycles. The van der Waals surface area contributed by atoms with Gasteiger partial charge >= 0.3 is 6.61 Å². The van der Waals surface area contributed by atoms with E-state index in [1.807, 2.05) is 25.1 Å². The minimum atomic E-state index is -2.99. The summed E-state index contributed by atoms with van der Waals surface area (Å²) in [4.78, 5) is 12.0. The van der Waals surface area contributed by atoms with Crippen LogP contribution in [0.1, 0.15) is 11.1 Å². The van der Waals surface area contributed by atoms with Crippen LogP contribution in [0.15, 0.2) is 48.5 Å². The smallest absolute Gasteiger partial charge is 0.387 e. The molecule has 0 heterocycles. The van der Waals surface area contributed by atoms with E-state index in [-0.39, 0.29) is 17.4 Å². The van der Waals surface area contributed by atoms with Crippen LogP contribution < -0.4 is 14.8 Å². The van der Waals surface area contributed by atoms with Gasteiger partial charge < -0.3 is 14.8 Å². The van der Waals surface area contributed by atoms with Crippen molar-refractivity contribution >= 4 is 17.7 Å². The minimum Gasteiger partial charge on any atom is -0.493 e. The van der Waals surface area contributed by atoms with E-state index in [4.69, 9.17) is 4.74 Å². The van der Waals surface area contributed by atoms with E-state index in [2.05, 4.69) is 10.1 Å². The molecule has 0 saturated heterocycles. The molecule has 0 aromatic heterocycles. The number of anilines is 1. The van der Waals surface area contributed by atoms with Gasteiger partial charge in [-0.25, -0.2) is 0 Å². The molecule has 1 N–H and O–H groups in total. The zero-order chi connectivity index (χ0) is 17.5. The number of carbonyl (C=O) groups is 1. The van der Waals surface area contributed by atoms with Crippen LogP contribution in [0.25, 0.3) is 6.08 Å². The predicted molar refractivity (Wildman–Crippen MR) is 88.5 cm³/mol. The van der Waals surface area contributed by atoms with Crippen molar-refractivity contribution in [2.75, 3.05) is 12.4 Å². The first-order valence-electron chi connectivity index (χ1n) is 7.17. The van der Waals surface area contributed by atoms with E-state index in [1.165, 1.54) is 25.3 Å². The van der Waals surface area contributed by atoms with Gasteiger partial charge in [0.05, 0.1) is 7.11 Å². The number of halogens is 2. The Kier molecular flexibility index (Phi) is 5.89. The summed E-state index contributed by atoms with van der Waals surface area (Å²) in [5.74, 6) is -0.332. The SMILES string of the molecule is COc1cccc(/C=C/C(=O)Nc2ccccc2C)c1OC(F)F. The summed E-state index contributed by atoms with van der Waals surface area (Å²) in [5.41, 5.74) is 1.92. The highest BCUT2D eigenvalue weighted by Gasteiger charge is 2.14. The van der Waals surface area contributed by atoms with Gasteiger partial charge in [0.2, 0.25) is 5.91 Å². The van der Waals surface area contributed by atoms with Crippen LogP contribution in [0, 0.1) is 6.92 Å². The van der Waals surface area contributed by atoms with Crippen molar-refractivity contribution in [3.63, 3.8) is 0 Å². The van der Waals surface area contributed by atoms with Crippen molar-refractivity contribution in [2.45, 2.75) is 13.5 Å². The maximum Gasteiger partial charge on any atom is 0.387 e. The van der Waals surface area contributed by atoms with E-state index in [9.17, 15) is 13.6 Å². The topological polar surface area (TPSA) is 47.6 Å². The number of alkyl halides is 2. The van der Waals surface area contributed by atoms with Crippen LogP contribution in [0.4, 0.5) is 14.5 Å². The first-order chi connectivity index (χ1) is 11.5. The number of hydrogen-bond donors (Lipinski definition) is 1. The maximum atomic E-state index is 12.6. The van der Waals surface area contributed by atoms with E-state index in [0.29, 0.717) is 11.3 Å². The molecule has 4 nitrogen and oxygen atoms in total. The van der Waals surface area contributed by atoms with Gasteiger partial charge in [-0.15, -0.1) is 0 Å². The molecule has 2 aromatic carbocycles. The first-order valence-corrected chi connectivity index (χ1v) is 7.17. The van der Waals surface area contributed by atoms with Crippen LogP contribution in [0.2, 0.25) is 0 Å². The molecule has 24 heavy (non-hydrogen) atoms. The fourth-order valence-corrected chi connectivity index (χ4v) is 2.09. The number of hydrogen-bond acceptors (Lipinski definition) is 3. The Morgan fingerprint density at radius 3 is 2.58 bits per heavy atom. The van der Waals surface area contributed by atoms with Crippen molar-refractivity contribution in [2.24, 2.45) is 0 Å². The Balaban J connectivity index is 2.19. The second-order valence-corrected chi connectivity index (χ2v) is 4.89. The summed E-state index contributed by atoms with van der Waals surface area (Å²) in [6.07, 6.45) is 2.65. The van der Waals surface area contributed by atoms with Crippen molar-refractivity contribution in [1.29, 1.82) is 0 Å². The van der Waals surface area contributed by atoms with E-state index in [0.717, 1.165) is 5.56 Å². The summed E-state index contributed by atoms with van der Waals surface area (Å²) >= 11 is 0. The molecule has 0 spiro atoms. The lowest BCUT2D eigenvalue weighted by atomic mass is 10.1. The second-order valence-electron chi connectivity index (χ2n) is 4.89. The molecule has 126 valence electrons. The number of carbonyl (C=O) groups excluding carboxylic acids is 1. The molecule has 0 radical (unpaired) electrons. The van der Waals surface area contributed by atoms with E-state index < -0.39 is 6.61 Å². The largest absolute Gasteiger partial charge is 0.493 e. The number of aryl methyl sites for hydroxylation is 1. The minimum absolute atomic E-state index is 0.116. The number of rotatable bonds is 6. The van der Waals surface area contributed by atoms with Gasteiger partial charge in [0.15, 0.2) is 11.5 Å². The molecule has 0 unspecified atom stereocenters. The number of nitrogens with one attached hydrogen (secondary N) is 1. The molecular weight excluding hydrogens is 316 g/mol. The van der Waals surface area contributed by atoms with Gasteiger partial charge in [0, 0.05) is 17.3 Å². The Hall–Kier alpha value is -2.89. The fourth-order valence-electron chi connectivity index (χ4n) is 2.09. The lowest BCUT2D eigenvalue weighted by Crippen LogP contribution is -2.09. The third kappa shape index (κ3) is 4.55. The van der Waals surface area contributed by atoms with Gasteiger partial charge in [-0.1, -0.05) is 30.3 Å². The number of methoxy groups -OCH3 is 1. The monoisotopic (exact) mass is 333 g/mol. The van der Waals surface area contributed by atoms with Crippen LogP contribution >= 0.6 is 0 Å². The summed E-state index contributed by atoms with van der Waals surface area (Å²) in [6.45, 7) is -1.12. The highest BCUT2D eigenvalue weighted by atomic mass is 19.3. The number of amides is 1. The van der Waals surface area contributed by atoms with Gasteiger partial charge in [-0.2, -0.15) is 8.78 Å². The third-order valence-corrected chi connectivity index (χ3v) is 3.25. The van der Waals surface area contributed by atoms with E-state index in [1.54, 1.807) is 18.2 Å². The molecule has 0 atom stereocenters. The molecule has 0 saturated carbocycles. The number of para-hydroxylation sites is 2. The van der Waals surface area contributed by atoms with Gasteiger partial charge in [0.25, 0.3) is 0 Å². The maximum absolute atomic E-state index is 12.6. The third-order valence-electron chi connectivity index (χ3n) is 3.25. The quantitative estimate of drug-likeness (QED) is 0.804. The lowest BCUT2D eigenvalue weighted by molar-refractivity contribution is -0.111. The molecule has 2 aromatic rings. The Morgan fingerprint density at radius 1 is 1.17 bits per heavy atom. The summed E-state index contributed by atoms with van der Waals surface area (Å²) in [6, 6.07) is 12.0. The van der Waals surface area contributed by atoms with Crippen LogP contribution in [0.3, 0.4) is 0 Å². The summed E-state index contributed by atoms with van der Waals surface area (Å²) in [7, 11) is 1.35. The standard InChI is InChI=1S/C18H17F2NO3/c1-12-6-3-4-8-14(12)21-16(22)11-10-13-7-5-9-15(23-2)17(13)24-18(19)20/h3-11,18H,1-2H3,(H,21,22)/b11-10+. The lowest BCUT2D eigenvalue weighted by Gasteiger charge is -2.12. The highest BCUT2D eigenvalue weighted by molar-refractivity contribution is 6.02. The van der Waals surface area contributed by atoms with Gasteiger partial charge in [-0.3, -0.25) is 4.79 Å². The first kappa shape index (κ1) is 17.5. The van der Waals surface area contributed by atoms with Crippen LogP contribution in [-0.4, -0.2) is 19.6 Å². The molecule has 2 rings (SSSR count). The van der Waals surface area contributed by atoms with Gasteiger partial charge in [0.1, 0.15) is 0 Å². The molecule has 0 fully saturated rings. The van der Waals surface area contributed by atoms with Gasteiger partial charge in [-0.05, 0) is 30.7 Å². The Bertz CT molecular complexity index is 745. The Morgan fingerprint density at radius 2 is 1.92 bits per heavy atom. The fraction of sp³-hybridized carbons (Fsp3) is 0.167. The number of ether oxygens (including phenoxy) is 2. The second kappa shape index (κ2) is 8.10.